The van der Waals surface area contributed by atoms with Gasteiger partial charge in [-0.05, 0) is 25.0 Å². The van der Waals surface area contributed by atoms with Crippen LogP contribution < -0.4 is 10.1 Å². The van der Waals surface area contributed by atoms with Gasteiger partial charge in [-0.3, -0.25) is 4.79 Å². The van der Waals surface area contributed by atoms with Gasteiger partial charge in [0.1, 0.15) is 5.75 Å². The molecule has 0 radical (unpaired) electrons. The van der Waals surface area contributed by atoms with Crippen LogP contribution in [-0.2, 0) is 17.4 Å². The largest absolute Gasteiger partial charge is 0.493 e. The van der Waals surface area contributed by atoms with E-state index in [4.69, 9.17) is 9.26 Å². The summed E-state index contributed by atoms with van der Waals surface area (Å²) >= 11 is 0. The number of carbonyl (C=O) groups excluding carboxylic acids is 1. The molecule has 24 heavy (non-hydrogen) atoms. The standard InChI is InChI=1S/C16H19F3N2O3/c1-3-5-11-13(23-9-4-8-20-10(2)22)7-6-12-14(11)24-21-15(12)16(17,18)19/h6-7H,3-5,8-9H2,1-2H3,(H,20,22). The third-order valence-corrected chi connectivity index (χ3v) is 3.42. The van der Waals surface area contributed by atoms with Crippen LogP contribution in [0.2, 0.25) is 0 Å². The average Bonchev–Trinajstić information content (AvgIpc) is 2.92. The summed E-state index contributed by atoms with van der Waals surface area (Å²) < 4.78 is 49.4. The number of benzene rings is 1. The highest BCUT2D eigenvalue weighted by Gasteiger charge is 2.37. The van der Waals surface area contributed by atoms with E-state index in [2.05, 4.69) is 10.5 Å². The number of rotatable bonds is 7. The number of aromatic nitrogens is 1. The number of amides is 1. The van der Waals surface area contributed by atoms with Crippen molar-refractivity contribution in [2.45, 2.75) is 39.3 Å². The minimum Gasteiger partial charge on any atom is -0.493 e. The lowest BCUT2D eigenvalue weighted by molar-refractivity contribution is -0.141. The summed E-state index contributed by atoms with van der Waals surface area (Å²) in [5.74, 6) is 0.362. The molecule has 132 valence electrons. The van der Waals surface area contributed by atoms with Gasteiger partial charge in [0.25, 0.3) is 0 Å². The van der Waals surface area contributed by atoms with Crippen molar-refractivity contribution in [2.24, 2.45) is 0 Å². The zero-order chi connectivity index (χ0) is 17.7. The zero-order valence-corrected chi connectivity index (χ0v) is 13.5. The Balaban J connectivity index is 2.21. The molecule has 1 aromatic carbocycles. The molecular weight excluding hydrogens is 325 g/mol. The molecule has 1 heterocycles. The predicted octanol–water partition coefficient (Wildman–Crippen LogP) is 3.70. The maximum atomic E-state index is 12.9. The van der Waals surface area contributed by atoms with Crippen LogP contribution in [0.4, 0.5) is 13.2 Å². The second-order valence-corrected chi connectivity index (χ2v) is 5.38. The minimum absolute atomic E-state index is 0.0588. The average molecular weight is 344 g/mol. The quantitative estimate of drug-likeness (QED) is 0.778. The molecular formula is C16H19F3N2O3. The molecule has 2 aromatic rings. The van der Waals surface area contributed by atoms with Crippen LogP contribution in [0.15, 0.2) is 16.7 Å². The summed E-state index contributed by atoms with van der Waals surface area (Å²) in [6, 6.07) is 2.83. The Morgan fingerprint density at radius 2 is 2.12 bits per heavy atom. The highest BCUT2D eigenvalue weighted by Crippen LogP contribution is 2.38. The third kappa shape index (κ3) is 4.18. The van der Waals surface area contributed by atoms with Gasteiger partial charge < -0.3 is 14.6 Å². The van der Waals surface area contributed by atoms with Crippen LogP contribution in [0, 0.1) is 0 Å². The minimum atomic E-state index is -4.56. The van der Waals surface area contributed by atoms with E-state index in [0.29, 0.717) is 37.3 Å². The van der Waals surface area contributed by atoms with E-state index < -0.39 is 11.9 Å². The number of hydrogen-bond donors (Lipinski definition) is 1. The molecule has 8 heteroatoms. The van der Waals surface area contributed by atoms with Crippen molar-refractivity contribution in [1.82, 2.24) is 10.5 Å². The summed E-state index contributed by atoms with van der Waals surface area (Å²) in [7, 11) is 0. The van der Waals surface area contributed by atoms with Crippen LogP contribution in [-0.4, -0.2) is 24.2 Å². The highest BCUT2D eigenvalue weighted by atomic mass is 19.4. The van der Waals surface area contributed by atoms with Gasteiger partial charge >= 0.3 is 6.18 Å². The normalized spacial score (nSPS) is 11.7. The fourth-order valence-electron chi connectivity index (χ4n) is 2.39. The molecule has 0 unspecified atom stereocenters. The fraction of sp³-hybridized carbons (Fsp3) is 0.500. The molecule has 0 bridgehead atoms. The second-order valence-electron chi connectivity index (χ2n) is 5.38. The number of fused-ring (bicyclic) bond motifs is 1. The molecule has 0 fully saturated rings. The van der Waals surface area contributed by atoms with Crippen LogP contribution in [0.25, 0.3) is 11.0 Å². The monoisotopic (exact) mass is 344 g/mol. The second kappa shape index (κ2) is 7.55. The first-order valence-corrected chi connectivity index (χ1v) is 7.70. The Morgan fingerprint density at radius 3 is 2.75 bits per heavy atom. The molecule has 2 rings (SSSR count). The first kappa shape index (κ1) is 18.1. The Morgan fingerprint density at radius 1 is 1.38 bits per heavy atom. The van der Waals surface area contributed by atoms with E-state index in [1.165, 1.54) is 19.1 Å². The van der Waals surface area contributed by atoms with E-state index in [-0.39, 0.29) is 16.9 Å². The summed E-state index contributed by atoms with van der Waals surface area (Å²) in [5, 5.41) is 5.77. The topological polar surface area (TPSA) is 64.4 Å². The zero-order valence-electron chi connectivity index (χ0n) is 13.5. The van der Waals surface area contributed by atoms with Crippen molar-refractivity contribution in [3.8, 4) is 5.75 Å². The molecule has 0 saturated carbocycles. The van der Waals surface area contributed by atoms with Crippen molar-refractivity contribution in [2.75, 3.05) is 13.2 Å². The van der Waals surface area contributed by atoms with Gasteiger partial charge in [-0.15, -0.1) is 0 Å². The number of carbonyl (C=O) groups is 1. The van der Waals surface area contributed by atoms with Gasteiger partial charge in [-0.25, -0.2) is 0 Å². The van der Waals surface area contributed by atoms with E-state index >= 15 is 0 Å². The first-order chi connectivity index (χ1) is 11.3. The van der Waals surface area contributed by atoms with E-state index in [1.54, 1.807) is 0 Å². The maximum absolute atomic E-state index is 12.9. The van der Waals surface area contributed by atoms with Gasteiger partial charge in [-0.1, -0.05) is 18.5 Å². The number of nitrogens with one attached hydrogen (secondary N) is 1. The first-order valence-electron chi connectivity index (χ1n) is 7.70. The molecule has 0 aliphatic rings. The number of halogens is 3. The predicted molar refractivity (Wildman–Crippen MR) is 81.8 cm³/mol. The summed E-state index contributed by atoms with van der Waals surface area (Å²) in [6.07, 6.45) is -2.73. The number of alkyl halides is 3. The molecule has 0 spiro atoms. The van der Waals surface area contributed by atoms with E-state index in [9.17, 15) is 18.0 Å². The van der Waals surface area contributed by atoms with Crippen LogP contribution in [0.1, 0.15) is 37.9 Å². The van der Waals surface area contributed by atoms with Crippen LogP contribution in [0.5, 0.6) is 5.75 Å². The summed E-state index contributed by atoms with van der Waals surface area (Å²) in [6.45, 7) is 4.15. The van der Waals surface area contributed by atoms with Gasteiger partial charge in [0, 0.05) is 19.0 Å². The molecule has 1 aromatic heterocycles. The lowest BCUT2D eigenvalue weighted by Crippen LogP contribution is -2.22. The smallest absolute Gasteiger partial charge is 0.437 e. The molecule has 0 atom stereocenters. The number of ether oxygens (including phenoxy) is 1. The van der Waals surface area contributed by atoms with Crippen molar-refractivity contribution >= 4 is 16.9 Å². The van der Waals surface area contributed by atoms with E-state index in [0.717, 1.165) is 6.42 Å². The Kier molecular flexibility index (Phi) is 5.69. The van der Waals surface area contributed by atoms with Gasteiger partial charge in [0.05, 0.1) is 12.0 Å². The molecule has 0 saturated heterocycles. The molecule has 0 aliphatic carbocycles. The Labute approximate surface area is 137 Å². The fourth-order valence-corrected chi connectivity index (χ4v) is 2.39. The summed E-state index contributed by atoms with van der Waals surface area (Å²) in [4.78, 5) is 10.8. The van der Waals surface area contributed by atoms with Crippen LogP contribution >= 0.6 is 0 Å². The summed E-state index contributed by atoms with van der Waals surface area (Å²) in [5.41, 5.74) is -0.326. The Hall–Kier alpha value is -2.25. The number of aryl methyl sites for hydroxylation is 1. The Bertz CT molecular complexity index is 710. The van der Waals surface area contributed by atoms with Crippen LogP contribution in [0.3, 0.4) is 0 Å². The van der Waals surface area contributed by atoms with Crippen molar-refractivity contribution < 1.29 is 27.2 Å². The number of hydrogen-bond acceptors (Lipinski definition) is 4. The molecule has 0 aliphatic heterocycles. The van der Waals surface area contributed by atoms with Crippen molar-refractivity contribution in [1.29, 1.82) is 0 Å². The third-order valence-electron chi connectivity index (χ3n) is 3.42. The molecule has 1 amide bonds. The number of nitrogens with zero attached hydrogens (tertiary/aromatic N) is 1. The van der Waals surface area contributed by atoms with Crippen molar-refractivity contribution in [3.63, 3.8) is 0 Å². The van der Waals surface area contributed by atoms with E-state index in [1.807, 2.05) is 6.92 Å². The van der Waals surface area contributed by atoms with Gasteiger partial charge in [-0.2, -0.15) is 13.2 Å². The molecule has 1 N–H and O–H groups in total. The SMILES string of the molecule is CCCc1c(OCCCNC(C)=O)ccc2c(C(F)(F)F)noc12. The lowest BCUT2D eigenvalue weighted by atomic mass is 10.0. The van der Waals surface area contributed by atoms with Crippen molar-refractivity contribution in [3.05, 3.63) is 23.4 Å². The van der Waals surface area contributed by atoms with Gasteiger partial charge in [0.15, 0.2) is 11.3 Å². The molecule has 5 nitrogen and oxygen atoms in total. The van der Waals surface area contributed by atoms with Gasteiger partial charge in [0.2, 0.25) is 5.91 Å². The lowest BCUT2D eigenvalue weighted by Gasteiger charge is -2.11. The maximum Gasteiger partial charge on any atom is 0.437 e. The highest BCUT2D eigenvalue weighted by molar-refractivity contribution is 5.85.